The minimum Gasteiger partial charge on any atom is -0.372 e. The summed E-state index contributed by atoms with van der Waals surface area (Å²) in [5.74, 6) is 5.86. The molecular weight excluding hydrogens is 221 g/mol. The summed E-state index contributed by atoms with van der Waals surface area (Å²) in [4.78, 5) is 0. The van der Waals surface area contributed by atoms with Gasteiger partial charge >= 0.3 is 6.18 Å². The SMILES string of the molecule is CC(C)CCC(CCOCC(F)(F)F)NN. The highest BCUT2D eigenvalue weighted by molar-refractivity contribution is 4.64. The van der Waals surface area contributed by atoms with Crippen LogP contribution in [0, 0.1) is 5.92 Å². The van der Waals surface area contributed by atoms with E-state index >= 15 is 0 Å². The molecule has 0 rings (SSSR count). The summed E-state index contributed by atoms with van der Waals surface area (Å²) in [5, 5.41) is 0. The van der Waals surface area contributed by atoms with Crippen LogP contribution < -0.4 is 11.3 Å². The number of nitrogens with one attached hydrogen (secondary N) is 1. The average molecular weight is 242 g/mol. The van der Waals surface area contributed by atoms with E-state index < -0.39 is 12.8 Å². The van der Waals surface area contributed by atoms with Gasteiger partial charge < -0.3 is 4.74 Å². The predicted octanol–water partition coefficient (Wildman–Crippen LogP) is 2.22. The van der Waals surface area contributed by atoms with Crippen molar-refractivity contribution in [2.75, 3.05) is 13.2 Å². The number of hydrogen-bond donors (Lipinski definition) is 2. The molecule has 0 aliphatic rings. The number of hydrazine groups is 1. The van der Waals surface area contributed by atoms with Gasteiger partial charge in [-0.15, -0.1) is 0 Å². The molecule has 0 saturated heterocycles. The van der Waals surface area contributed by atoms with E-state index in [9.17, 15) is 13.2 Å². The van der Waals surface area contributed by atoms with Crippen LogP contribution in [0.15, 0.2) is 0 Å². The van der Waals surface area contributed by atoms with Gasteiger partial charge in [-0.05, 0) is 25.2 Å². The quantitative estimate of drug-likeness (QED) is 0.390. The van der Waals surface area contributed by atoms with Crippen molar-refractivity contribution in [1.29, 1.82) is 0 Å². The van der Waals surface area contributed by atoms with Crippen LogP contribution >= 0.6 is 0 Å². The van der Waals surface area contributed by atoms with E-state index in [2.05, 4.69) is 24.0 Å². The zero-order valence-electron chi connectivity index (χ0n) is 9.81. The molecule has 0 radical (unpaired) electrons. The van der Waals surface area contributed by atoms with Crippen LogP contribution in [0.1, 0.15) is 33.1 Å². The molecule has 3 nitrogen and oxygen atoms in total. The lowest BCUT2D eigenvalue weighted by atomic mass is 10.0. The highest BCUT2D eigenvalue weighted by Gasteiger charge is 2.27. The Morgan fingerprint density at radius 1 is 1.19 bits per heavy atom. The molecular formula is C10H21F3N2O. The van der Waals surface area contributed by atoms with Crippen molar-refractivity contribution in [3.63, 3.8) is 0 Å². The fourth-order valence-electron chi connectivity index (χ4n) is 1.26. The van der Waals surface area contributed by atoms with Crippen LogP contribution in [0.25, 0.3) is 0 Å². The fourth-order valence-corrected chi connectivity index (χ4v) is 1.26. The second-order valence-corrected chi connectivity index (χ2v) is 4.29. The van der Waals surface area contributed by atoms with E-state index in [1.54, 1.807) is 0 Å². The number of rotatable bonds is 8. The second kappa shape index (κ2) is 7.86. The Labute approximate surface area is 94.5 Å². The molecule has 0 fully saturated rings. The Hall–Kier alpha value is -0.330. The molecule has 6 heteroatoms. The molecule has 16 heavy (non-hydrogen) atoms. The lowest BCUT2D eigenvalue weighted by Crippen LogP contribution is -2.36. The van der Waals surface area contributed by atoms with Crippen LogP contribution in [-0.4, -0.2) is 25.4 Å². The maximum absolute atomic E-state index is 11.8. The zero-order valence-corrected chi connectivity index (χ0v) is 9.81. The van der Waals surface area contributed by atoms with Crippen molar-refractivity contribution in [2.45, 2.75) is 45.3 Å². The molecule has 0 aromatic carbocycles. The first kappa shape index (κ1) is 15.7. The highest BCUT2D eigenvalue weighted by Crippen LogP contribution is 2.15. The normalized spacial score (nSPS) is 14.4. The summed E-state index contributed by atoms with van der Waals surface area (Å²) in [6.45, 7) is 3.07. The maximum atomic E-state index is 11.8. The molecule has 0 aliphatic carbocycles. The minimum atomic E-state index is -4.25. The van der Waals surface area contributed by atoms with Gasteiger partial charge in [-0.1, -0.05) is 13.8 Å². The molecule has 0 amide bonds. The molecule has 0 aromatic rings. The van der Waals surface area contributed by atoms with Gasteiger partial charge in [0.15, 0.2) is 0 Å². The van der Waals surface area contributed by atoms with Crippen LogP contribution in [0.5, 0.6) is 0 Å². The lowest BCUT2D eigenvalue weighted by Gasteiger charge is -2.17. The summed E-state index contributed by atoms with van der Waals surface area (Å²) in [6, 6.07) is 0.0237. The first-order valence-electron chi connectivity index (χ1n) is 5.45. The van der Waals surface area contributed by atoms with Crippen molar-refractivity contribution in [1.82, 2.24) is 5.43 Å². The van der Waals surface area contributed by atoms with Crippen molar-refractivity contribution >= 4 is 0 Å². The maximum Gasteiger partial charge on any atom is 0.411 e. The molecule has 0 aliphatic heterocycles. The van der Waals surface area contributed by atoms with Crippen LogP contribution in [0.4, 0.5) is 13.2 Å². The number of hydrogen-bond acceptors (Lipinski definition) is 3. The molecule has 1 atom stereocenters. The Morgan fingerprint density at radius 2 is 1.81 bits per heavy atom. The Kier molecular flexibility index (Phi) is 7.70. The molecule has 0 saturated carbocycles. The van der Waals surface area contributed by atoms with E-state index in [0.717, 1.165) is 12.8 Å². The van der Waals surface area contributed by atoms with E-state index in [-0.39, 0.29) is 12.6 Å². The smallest absolute Gasteiger partial charge is 0.372 e. The number of ether oxygens (including phenoxy) is 1. The Balaban J connectivity index is 3.55. The second-order valence-electron chi connectivity index (χ2n) is 4.29. The van der Waals surface area contributed by atoms with Gasteiger partial charge in [0.1, 0.15) is 6.61 Å². The van der Waals surface area contributed by atoms with Gasteiger partial charge in [0, 0.05) is 12.6 Å². The van der Waals surface area contributed by atoms with Gasteiger partial charge in [-0.2, -0.15) is 13.2 Å². The molecule has 98 valence electrons. The first-order chi connectivity index (χ1) is 7.35. The summed E-state index contributed by atoms with van der Waals surface area (Å²) in [5.41, 5.74) is 2.59. The molecule has 0 aromatic heterocycles. The van der Waals surface area contributed by atoms with E-state index in [0.29, 0.717) is 12.3 Å². The van der Waals surface area contributed by atoms with E-state index in [1.807, 2.05) is 0 Å². The summed E-state index contributed by atoms with van der Waals surface area (Å²) < 4.78 is 39.8. The van der Waals surface area contributed by atoms with E-state index in [1.165, 1.54) is 0 Å². The third kappa shape index (κ3) is 10.2. The van der Waals surface area contributed by atoms with Gasteiger partial charge in [-0.25, -0.2) is 0 Å². The van der Waals surface area contributed by atoms with Crippen LogP contribution in [-0.2, 0) is 4.74 Å². The monoisotopic (exact) mass is 242 g/mol. The molecule has 0 bridgehead atoms. The molecule has 1 unspecified atom stereocenters. The number of halogens is 3. The van der Waals surface area contributed by atoms with Gasteiger partial charge in [0.25, 0.3) is 0 Å². The fraction of sp³-hybridized carbons (Fsp3) is 1.00. The van der Waals surface area contributed by atoms with Crippen LogP contribution in [0.3, 0.4) is 0 Å². The lowest BCUT2D eigenvalue weighted by molar-refractivity contribution is -0.174. The minimum absolute atomic E-state index is 0.0237. The molecule has 0 heterocycles. The number of alkyl halides is 3. The Bertz CT molecular complexity index is 174. The topological polar surface area (TPSA) is 47.3 Å². The van der Waals surface area contributed by atoms with Gasteiger partial charge in [0.2, 0.25) is 0 Å². The highest BCUT2D eigenvalue weighted by atomic mass is 19.4. The van der Waals surface area contributed by atoms with Crippen molar-refractivity contribution in [2.24, 2.45) is 11.8 Å². The Morgan fingerprint density at radius 3 is 2.25 bits per heavy atom. The molecule has 0 spiro atoms. The summed E-state index contributed by atoms with van der Waals surface area (Å²) in [6.07, 6.45) is -1.90. The third-order valence-corrected chi connectivity index (χ3v) is 2.20. The van der Waals surface area contributed by atoms with Crippen LogP contribution in [0.2, 0.25) is 0 Å². The largest absolute Gasteiger partial charge is 0.411 e. The average Bonchev–Trinajstić information content (AvgIpc) is 2.15. The number of nitrogens with two attached hydrogens (primary N) is 1. The van der Waals surface area contributed by atoms with Crippen molar-refractivity contribution < 1.29 is 17.9 Å². The van der Waals surface area contributed by atoms with Crippen molar-refractivity contribution in [3.05, 3.63) is 0 Å². The van der Waals surface area contributed by atoms with Gasteiger partial charge in [0.05, 0.1) is 0 Å². The van der Waals surface area contributed by atoms with Gasteiger partial charge in [-0.3, -0.25) is 11.3 Å². The summed E-state index contributed by atoms with van der Waals surface area (Å²) >= 11 is 0. The predicted molar refractivity (Wildman–Crippen MR) is 56.7 cm³/mol. The molecule has 3 N–H and O–H groups in total. The third-order valence-electron chi connectivity index (χ3n) is 2.20. The standard InChI is InChI=1S/C10H21F3N2O/c1-8(2)3-4-9(15-14)5-6-16-7-10(11,12)13/h8-9,15H,3-7,14H2,1-2H3. The summed E-state index contributed by atoms with van der Waals surface area (Å²) in [7, 11) is 0. The first-order valence-corrected chi connectivity index (χ1v) is 5.45. The van der Waals surface area contributed by atoms with E-state index in [4.69, 9.17) is 5.84 Å². The van der Waals surface area contributed by atoms with Crippen molar-refractivity contribution in [3.8, 4) is 0 Å². The zero-order chi connectivity index (χ0) is 12.6.